The predicted molar refractivity (Wildman–Crippen MR) is 107 cm³/mol. The van der Waals surface area contributed by atoms with Crippen molar-refractivity contribution in [2.45, 2.75) is 12.5 Å². The molecule has 1 amide bonds. The van der Waals surface area contributed by atoms with E-state index in [9.17, 15) is 9.18 Å². The second kappa shape index (κ2) is 9.46. The van der Waals surface area contributed by atoms with E-state index in [1.165, 1.54) is 29.8 Å². The summed E-state index contributed by atoms with van der Waals surface area (Å²) in [7, 11) is 0. The second-order valence-electron chi connectivity index (χ2n) is 6.17. The van der Waals surface area contributed by atoms with Crippen molar-refractivity contribution in [1.82, 2.24) is 10.3 Å². The van der Waals surface area contributed by atoms with E-state index < -0.39 is 0 Å². The van der Waals surface area contributed by atoms with E-state index in [1.54, 1.807) is 12.3 Å². The van der Waals surface area contributed by atoms with Gasteiger partial charge in [0.25, 0.3) is 5.91 Å². The summed E-state index contributed by atoms with van der Waals surface area (Å²) in [5, 5.41) is 2.91. The number of benzene rings is 2. The van der Waals surface area contributed by atoms with Crippen molar-refractivity contribution in [3.05, 3.63) is 102 Å². The number of nitrogens with zero attached hydrogens (tertiary/aromatic N) is 1. The number of halogens is 1. The number of carbonyl (C=O) groups excluding carboxylic acids is 1. The molecule has 0 saturated carbocycles. The van der Waals surface area contributed by atoms with Crippen molar-refractivity contribution in [2.24, 2.45) is 0 Å². The van der Waals surface area contributed by atoms with Crippen molar-refractivity contribution in [3.63, 3.8) is 0 Å². The minimum absolute atomic E-state index is 0.183. The average Bonchev–Trinajstić information content (AvgIpc) is 2.75. The lowest BCUT2D eigenvalue weighted by molar-refractivity contribution is 0.0923. The number of pyridine rings is 1. The summed E-state index contributed by atoms with van der Waals surface area (Å²) in [6.07, 6.45) is 4.17. The zero-order valence-corrected chi connectivity index (χ0v) is 15.3. The van der Waals surface area contributed by atoms with Crippen LogP contribution in [0.5, 0.6) is 5.75 Å². The third kappa shape index (κ3) is 5.04. The number of carbonyl (C=O) groups is 1. The molecular weight excluding hydrogens is 355 g/mol. The summed E-state index contributed by atoms with van der Waals surface area (Å²) in [6, 6.07) is 18.9. The summed E-state index contributed by atoms with van der Waals surface area (Å²) in [6.45, 7) is 4.17. The van der Waals surface area contributed by atoms with Gasteiger partial charge in [0.05, 0.1) is 12.6 Å². The van der Waals surface area contributed by atoms with Gasteiger partial charge in [-0.3, -0.25) is 9.78 Å². The van der Waals surface area contributed by atoms with Crippen molar-refractivity contribution in [3.8, 4) is 5.75 Å². The van der Waals surface area contributed by atoms with Gasteiger partial charge < -0.3 is 10.1 Å². The molecule has 3 aromatic rings. The van der Waals surface area contributed by atoms with E-state index in [1.807, 2.05) is 42.5 Å². The van der Waals surface area contributed by atoms with Gasteiger partial charge in [0.15, 0.2) is 0 Å². The molecule has 1 unspecified atom stereocenters. The lowest BCUT2D eigenvalue weighted by atomic mass is 10.1. The van der Waals surface area contributed by atoms with Crippen LogP contribution in [0.3, 0.4) is 0 Å². The third-order valence-corrected chi connectivity index (χ3v) is 4.24. The Hall–Kier alpha value is -3.47. The minimum Gasteiger partial charge on any atom is -0.491 e. The molecule has 5 heteroatoms. The van der Waals surface area contributed by atoms with Gasteiger partial charge in [0, 0.05) is 18.2 Å². The average molecular weight is 376 g/mol. The molecule has 1 aliphatic rings. The number of hydrogen-bond acceptors (Lipinski definition) is 3. The Morgan fingerprint density at radius 2 is 1.86 bits per heavy atom. The SMILES string of the molecule is C=Cc1ccccc1.O=C(NC1CCOc2cccnc21)c1ccc(F)cc1. The first-order valence-electron chi connectivity index (χ1n) is 8.99. The van der Waals surface area contributed by atoms with Gasteiger partial charge >= 0.3 is 0 Å². The number of nitrogens with one attached hydrogen (secondary N) is 1. The topological polar surface area (TPSA) is 51.2 Å². The lowest BCUT2D eigenvalue weighted by Crippen LogP contribution is -2.32. The molecule has 1 atom stereocenters. The van der Waals surface area contributed by atoms with Crippen LogP contribution in [-0.4, -0.2) is 17.5 Å². The molecule has 0 spiro atoms. The Balaban J connectivity index is 0.000000236. The number of rotatable bonds is 3. The number of fused-ring (bicyclic) bond motifs is 1. The maximum atomic E-state index is 12.8. The fourth-order valence-corrected chi connectivity index (χ4v) is 2.78. The maximum Gasteiger partial charge on any atom is 0.251 e. The molecule has 142 valence electrons. The van der Waals surface area contributed by atoms with E-state index in [4.69, 9.17) is 4.74 Å². The first-order valence-corrected chi connectivity index (χ1v) is 8.99. The molecule has 28 heavy (non-hydrogen) atoms. The number of aromatic nitrogens is 1. The summed E-state index contributed by atoms with van der Waals surface area (Å²) >= 11 is 0. The fourth-order valence-electron chi connectivity index (χ4n) is 2.78. The molecular formula is C23H21FN2O2. The predicted octanol–water partition coefficient (Wildman–Crippen LogP) is 4.80. The third-order valence-electron chi connectivity index (χ3n) is 4.24. The van der Waals surface area contributed by atoms with Gasteiger partial charge in [-0.2, -0.15) is 0 Å². The molecule has 0 fully saturated rings. The minimum atomic E-state index is -0.361. The van der Waals surface area contributed by atoms with Crippen molar-refractivity contribution >= 4 is 12.0 Å². The van der Waals surface area contributed by atoms with E-state index in [-0.39, 0.29) is 17.8 Å². The first-order chi connectivity index (χ1) is 13.7. The van der Waals surface area contributed by atoms with Crippen molar-refractivity contribution < 1.29 is 13.9 Å². The summed E-state index contributed by atoms with van der Waals surface area (Å²) in [5.74, 6) is 0.0938. The fraction of sp³-hybridized carbons (Fsp3) is 0.130. The maximum absolute atomic E-state index is 12.8. The highest BCUT2D eigenvalue weighted by molar-refractivity contribution is 5.94. The van der Waals surface area contributed by atoms with E-state index in [0.29, 0.717) is 24.3 Å². The van der Waals surface area contributed by atoms with E-state index >= 15 is 0 Å². The molecule has 1 N–H and O–H groups in total. The Labute approximate surface area is 163 Å². The quantitative estimate of drug-likeness (QED) is 0.714. The monoisotopic (exact) mass is 376 g/mol. The van der Waals surface area contributed by atoms with Gasteiger partial charge in [0.2, 0.25) is 0 Å². The number of amides is 1. The standard InChI is InChI=1S/C15H13FN2O2.C8H8/c16-11-5-3-10(4-6-11)15(19)18-12-7-9-20-13-2-1-8-17-14(12)13;1-2-8-6-4-3-5-7-8/h1-6,8,12H,7,9H2,(H,18,19);2-7H,1H2. The lowest BCUT2D eigenvalue weighted by Gasteiger charge is -2.25. The Kier molecular flexibility index (Phi) is 6.52. The molecule has 0 radical (unpaired) electrons. The van der Waals surface area contributed by atoms with Gasteiger partial charge in [-0.05, 0) is 42.0 Å². The number of ether oxygens (including phenoxy) is 1. The Bertz CT molecular complexity index is 927. The van der Waals surface area contributed by atoms with Crippen LogP contribution in [0, 0.1) is 5.82 Å². The first kappa shape index (κ1) is 19.3. The Morgan fingerprint density at radius 1 is 1.11 bits per heavy atom. The molecule has 2 heterocycles. The largest absolute Gasteiger partial charge is 0.491 e. The van der Waals surface area contributed by atoms with Crippen LogP contribution in [-0.2, 0) is 0 Å². The highest BCUT2D eigenvalue weighted by Gasteiger charge is 2.24. The zero-order valence-electron chi connectivity index (χ0n) is 15.3. The van der Waals surface area contributed by atoms with Crippen LogP contribution in [0.4, 0.5) is 4.39 Å². The molecule has 0 saturated heterocycles. The van der Waals surface area contributed by atoms with Crippen LogP contribution in [0.15, 0.2) is 79.5 Å². The second-order valence-corrected chi connectivity index (χ2v) is 6.17. The van der Waals surface area contributed by atoms with Gasteiger partial charge in [-0.25, -0.2) is 4.39 Å². The summed E-state index contributed by atoms with van der Waals surface area (Å²) in [5.41, 5.74) is 2.33. The normalized spacial score (nSPS) is 14.5. The molecule has 0 bridgehead atoms. The molecule has 0 aliphatic carbocycles. The van der Waals surface area contributed by atoms with Crippen molar-refractivity contribution in [2.75, 3.05) is 6.61 Å². The van der Waals surface area contributed by atoms with Crippen LogP contribution >= 0.6 is 0 Å². The highest BCUT2D eigenvalue weighted by atomic mass is 19.1. The Morgan fingerprint density at radius 3 is 2.54 bits per heavy atom. The van der Waals surface area contributed by atoms with Gasteiger partial charge in [-0.15, -0.1) is 0 Å². The molecule has 1 aliphatic heterocycles. The van der Waals surface area contributed by atoms with Crippen LogP contribution in [0.1, 0.15) is 34.1 Å². The molecule has 1 aromatic heterocycles. The van der Waals surface area contributed by atoms with Gasteiger partial charge in [-0.1, -0.05) is 43.0 Å². The zero-order chi connectivity index (χ0) is 19.8. The van der Waals surface area contributed by atoms with Crippen LogP contribution in [0.25, 0.3) is 6.08 Å². The van der Waals surface area contributed by atoms with Crippen molar-refractivity contribution in [1.29, 1.82) is 0 Å². The molecule has 4 nitrogen and oxygen atoms in total. The van der Waals surface area contributed by atoms with Gasteiger partial charge in [0.1, 0.15) is 17.3 Å². The van der Waals surface area contributed by atoms with E-state index in [0.717, 1.165) is 5.69 Å². The number of hydrogen-bond donors (Lipinski definition) is 1. The van der Waals surface area contributed by atoms with E-state index in [2.05, 4.69) is 16.9 Å². The smallest absolute Gasteiger partial charge is 0.251 e. The summed E-state index contributed by atoms with van der Waals surface area (Å²) < 4.78 is 18.3. The highest BCUT2D eigenvalue weighted by Crippen LogP contribution is 2.29. The molecule has 2 aromatic carbocycles. The summed E-state index contributed by atoms with van der Waals surface area (Å²) in [4.78, 5) is 16.4. The van der Waals surface area contributed by atoms with Crippen LogP contribution in [0.2, 0.25) is 0 Å². The van der Waals surface area contributed by atoms with Crippen LogP contribution < -0.4 is 10.1 Å². The molecule has 4 rings (SSSR count).